The Morgan fingerprint density at radius 1 is 1.07 bits per heavy atom. The van der Waals surface area contributed by atoms with Crippen LogP contribution in [-0.4, -0.2) is 50.3 Å². The van der Waals surface area contributed by atoms with Crippen molar-refractivity contribution in [3.63, 3.8) is 0 Å². The molecule has 9 nitrogen and oxygen atoms in total. The van der Waals surface area contributed by atoms with E-state index in [9.17, 15) is 10.2 Å². The van der Waals surface area contributed by atoms with Gasteiger partial charge in [0.2, 0.25) is 0 Å². The van der Waals surface area contributed by atoms with Crippen molar-refractivity contribution in [2.45, 2.75) is 115 Å². The second-order valence-electron chi connectivity index (χ2n) is 10.6. The number of anilines is 1. The van der Waals surface area contributed by atoms with Crippen LogP contribution < -0.4 is 5.73 Å². The zero-order valence-corrected chi connectivity index (χ0v) is 25.8. The molecular formula is C29H48N5O4PS. The predicted molar refractivity (Wildman–Crippen MR) is 163 cm³/mol. The smallest absolute Gasteiger partial charge is 0.329 e. The number of unbranched alkanes of at least 4 members (excludes halogenated alkanes) is 11. The second-order valence-corrected chi connectivity index (χ2v) is 12.8. The Morgan fingerprint density at radius 2 is 1.75 bits per heavy atom. The first-order chi connectivity index (χ1) is 19.6. The van der Waals surface area contributed by atoms with Crippen LogP contribution in [0.2, 0.25) is 0 Å². The molecule has 2 aromatic heterocycles. The lowest BCUT2D eigenvalue weighted by molar-refractivity contribution is -0.0303. The summed E-state index contributed by atoms with van der Waals surface area (Å²) in [4.78, 5) is 14.1. The monoisotopic (exact) mass is 593 g/mol. The van der Waals surface area contributed by atoms with E-state index in [1.165, 1.54) is 89.1 Å². The molecule has 0 aliphatic carbocycles. The van der Waals surface area contributed by atoms with Crippen LogP contribution in [0.3, 0.4) is 0 Å². The lowest BCUT2D eigenvalue weighted by atomic mass is 9.98. The molecule has 40 heavy (non-hydrogen) atoms. The molecule has 1 aliphatic rings. The lowest BCUT2D eigenvalue weighted by Crippen LogP contribution is -2.28. The maximum absolute atomic E-state index is 10.1. The number of ether oxygens (including phenoxy) is 1. The number of hydrogen-bond donors (Lipinski definition) is 2. The van der Waals surface area contributed by atoms with E-state index in [1.54, 1.807) is 16.6 Å². The number of hydrogen-bond acceptors (Lipinski definition) is 9. The van der Waals surface area contributed by atoms with E-state index in [0.29, 0.717) is 36.5 Å². The summed E-state index contributed by atoms with van der Waals surface area (Å²) in [6, 6.07) is 5.89. The summed E-state index contributed by atoms with van der Waals surface area (Å²) in [7, 11) is -1.97. The van der Waals surface area contributed by atoms with Crippen LogP contribution in [0.25, 0.3) is 5.52 Å². The minimum absolute atomic E-state index is 0.166. The largest absolute Gasteiger partial charge is 0.382 e. The third-order valence-electron chi connectivity index (χ3n) is 7.41. The minimum atomic E-state index is -1.97. The molecule has 3 atom stereocenters. The van der Waals surface area contributed by atoms with Gasteiger partial charge in [-0.15, -0.1) is 0 Å². The Bertz CT molecular complexity index is 1020. The van der Waals surface area contributed by atoms with Crippen LogP contribution in [0.15, 0.2) is 18.5 Å². The Labute approximate surface area is 245 Å². The molecular weight excluding hydrogens is 545 g/mol. The fourth-order valence-corrected chi connectivity index (χ4v) is 6.69. The van der Waals surface area contributed by atoms with Crippen molar-refractivity contribution in [1.29, 1.82) is 5.26 Å². The second kappa shape index (κ2) is 18.9. The molecule has 1 saturated heterocycles. The lowest BCUT2D eigenvalue weighted by Gasteiger charge is -2.22. The van der Waals surface area contributed by atoms with Gasteiger partial charge in [0.1, 0.15) is 17.9 Å². The van der Waals surface area contributed by atoms with E-state index in [0.717, 1.165) is 12.2 Å². The molecule has 0 saturated carbocycles. The minimum Gasteiger partial charge on any atom is -0.382 e. The van der Waals surface area contributed by atoms with E-state index in [1.807, 2.05) is 11.8 Å². The average Bonchev–Trinajstić information content (AvgIpc) is 3.59. The Kier molecular flexibility index (Phi) is 15.6. The van der Waals surface area contributed by atoms with Gasteiger partial charge >= 0.3 is 8.60 Å². The van der Waals surface area contributed by atoms with Gasteiger partial charge in [0.15, 0.2) is 11.4 Å². The third kappa shape index (κ3) is 10.7. The van der Waals surface area contributed by atoms with Gasteiger partial charge in [-0.2, -0.15) is 22.1 Å². The van der Waals surface area contributed by atoms with E-state index in [-0.39, 0.29) is 12.7 Å². The summed E-state index contributed by atoms with van der Waals surface area (Å²) in [6.07, 6.45) is 19.6. The number of nitrogens with zero attached hydrogens (tertiary/aromatic N) is 4. The van der Waals surface area contributed by atoms with E-state index in [4.69, 9.17) is 19.5 Å². The maximum Gasteiger partial charge on any atom is 0.329 e. The topological polar surface area (TPSA) is 128 Å². The van der Waals surface area contributed by atoms with Crippen molar-refractivity contribution in [3.8, 4) is 6.07 Å². The van der Waals surface area contributed by atoms with Crippen LogP contribution in [0.1, 0.15) is 109 Å². The highest BCUT2D eigenvalue weighted by molar-refractivity contribution is 7.99. The first-order valence-electron chi connectivity index (χ1n) is 15.1. The Morgan fingerprint density at radius 3 is 2.45 bits per heavy atom. The maximum atomic E-state index is 10.1. The number of thioether (sulfide) groups is 1. The predicted octanol–water partition coefficient (Wildman–Crippen LogP) is 7.29. The van der Waals surface area contributed by atoms with Gasteiger partial charge in [0.05, 0.1) is 25.0 Å². The zero-order valence-electron chi connectivity index (χ0n) is 24.1. The summed E-state index contributed by atoms with van der Waals surface area (Å²) in [5.74, 6) is 2.56. The van der Waals surface area contributed by atoms with Crippen LogP contribution in [0.4, 0.5) is 5.82 Å². The van der Waals surface area contributed by atoms with E-state index >= 15 is 0 Å². The molecule has 1 fully saturated rings. The summed E-state index contributed by atoms with van der Waals surface area (Å²) in [6.45, 7) is 2.91. The van der Waals surface area contributed by atoms with Crippen molar-refractivity contribution in [1.82, 2.24) is 14.6 Å². The van der Waals surface area contributed by atoms with E-state index in [2.05, 4.69) is 23.1 Å². The van der Waals surface area contributed by atoms with Crippen LogP contribution in [0, 0.1) is 11.3 Å². The third-order valence-corrected chi connectivity index (χ3v) is 9.34. The molecule has 0 bridgehead atoms. The summed E-state index contributed by atoms with van der Waals surface area (Å²) in [5, 5.41) is 14.2. The highest BCUT2D eigenvalue weighted by Gasteiger charge is 2.44. The fraction of sp³-hybridized carbons (Fsp3) is 0.759. The molecule has 0 spiro atoms. The first-order valence-corrected chi connectivity index (χ1v) is 17.4. The molecule has 3 heterocycles. The number of rotatable bonds is 22. The summed E-state index contributed by atoms with van der Waals surface area (Å²) >= 11 is 1.96. The highest BCUT2D eigenvalue weighted by atomic mass is 32.2. The van der Waals surface area contributed by atoms with Gasteiger partial charge in [-0.05, 0) is 49.3 Å². The normalized spacial score (nSPS) is 19.8. The molecule has 11 heteroatoms. The molecule has 0 radical (unpaired) electrons. The molecule has 3 N–H and O–H groups in total. The highest BCUT2D eigenvalue weighted by Crippen LogP contribution is 2.41. The average molecular weight is 594 g/mol. The van der Waals surface area contributed by atoms with Gasteiger partial charge in [0.25, 0.3) is 0 Å². The molecule has 3 unspecified atom stereocenters. The number of nitrogens with two attached hydrogens (primary N) is 1. The Balaban J connectivity index is 1.16. The van der Waals surface area contributed by atoms with Gasteiger partial charge < -0.3 is 24.4 Å². The Hall–Kier alpha value is -1.47. The molecule has 3 rings (SSSR count). The molecule has 1 aliphatic heterocycles. The number of nitriles is 1. The number of nitrogen functional groups attached to an aromatic ring is 1. The first kappa shape index (κ1) is 33.0. The zero-order chi connectivity index (χ0) is 28.5. The quantitative estimate of drug-likeness (QED) is 0.107. The SMILES string of the molecule is CCCCCCCCCCCCCCSCCCOP(O)OCC1CCC(C#N)(c2ccc3c(N)ncnn23)O1. The van der Waals surface area contributed by atoms with Crippen molar-refractivity contribution in [2.75, 3.05) is 30.5 Å². The fourth-order valence-electron chi connectivity index (χ4n) is 5.11. The van der Waals surface area contributed by atoms with Gasteiger partial charge in [-0.3, -0.25) is 0 Å². The van der Waals surface area contributed by atoms with Crippen molar-refractivity contribution >= 4 is 31.7 Å². The number of fused-ring (bicyclic) bond motifs is 1. The standard InChI is InChI=1S/C29H48N5O4PS/c1-2-3-4-5-6-7-8-9-10-11-12-13-20-40-21-14-19-36-39(35)37-22-25-17-18-29(23-30,38-25)27-16-15-26-28(31)32-24-33-34(26)27/h15-16,24-25,35H,2-14,17-22H2,1H3,(H2,31,32,33). The molecule has 0 amide bonds. The van der Waals surface area contributed by atoms with Gasteiger partial charge in [-0.25, -0.2) is 9.50 Å². The van der Waals surface area contributed by atoms with Gasteiger partial charge in [-0.1, -0.05) is 77.6 Å². The van der Waals surface area contributed by atoms with Crippen LogP contribution in [-0.2, 0) is 19.4 Å². The van der Waals surface area contributed by atoms with Crippen molar-refractivity contribution in [3.05, 3.63) is 24.2 Å². The molecule has 0 aromatic carbocycles. The molecule has 224 valence electrons. The van der Waals surface area contributed by atoms with Crippen LogP contribution in [0.5, 0.6) is 0 Å². The summed E-state index contributed by atoms with van der Waals surface area (Å²) in [5.41, 5.74) is 6.03. The van der Waals surface area contributed by atoms with Crippen molar-refractivity contribution in [2.24, 2.45) is 0 Å². The van der Waals surface area contributed by atoms with Gasteiger partial charge in [0, 0.05) is 0 Å². The number of aromatic nitrogens is 3. The van der Waals surface area contributed by atoms with E-state index < -0.39 is 14.2 Å². The summed E-state index contributed by atoms with van der Waals surface area (Å²) < 4.78 is 18.7. The molecule has 2 aromatic rings. The van der Waals surface area contributed by atoms with Crippen molar-refractivity contribution < 1.29 is 18.7 Å². The van der Waals surface area contributed by atoms with Crippen LogP contribution >= 0.6 is 20.4 Å².